The fourth-order valence-electron chi connectivity index (χ4n) is 1.91. The number of benzene rings is 2. The summed E-state index contributed by atoms with van der Waals surface area (Å²) in [4.78, 5) is 12.3. The quantitative estimate of drug-likeness (QED) is 0.648. The molecule has 0 fully saturated rings. The van der Waals surface area contributed by atoms with Gasteiger partial charge in [-0.2, -0.15) is 0 Å². The molecule has 94 valence electrons. The summed E-state index contributed by atoms with van der Waals surface area (Å²) in [5.74, 6) is -0.614. The van der Waals surface area contributed by atoms with E-state index in [1.165, 1.54) is 12.1 Å². The van der Waals surface area contributed by atoms with Crippen LogP contribution in [-0.4, -0.2) is 5.78 Å². The maximum absolute atomic E-state index is 13.4. The Morgan fingerprint density at radius 2 is 1.89 bits per heavy atom. The summed E-state index contributed by atoms with van der Waals surface area (Å²) in [6.45, 7) is 0. The van der Waals surface area contributed by atoms with Gasteiger partial charge in [-0.15, -0.1) is 0 Å². The van der Waals surface area contributed by atoms with Crippen LogP contribution in [0.4, 0.5) is 4.39 Å². The summed E-state index contributed by atoms with van der Waals surface area (Å²) in [5.41, 5.74) is 0.887. The lowest BCUT2D eigenvalue weighted by Gasteiger charge is -2.01. The van der Waals surface area contributed by atoms with Gasteiger partial charge < -0.3 is 4.42 Å². The number of ketones is 1. The molecule has 2 aromatic carbocycles. The predicted octanol–water partition coefficient (Wildman–Crippen LogP) is 4.57. The third kappa shape index (κ3) is 2.08. The lowest BCUT2D eigenvalue weighted by molar-refractivity contribution is 0.101. The Morgan fingerprint density at radius 3 is 2.68 bits per heavy atom. The van der Waals surface area contributed by atoms with Crippen LogP contribution in [0.25, 0.3) is 11.0 Å². The highest BCUT2D eigenvalue weighted by Crippen LogP contribution is 2.26. The zero-order chi connectivity index (χ0) is 13.4. The first-order valence-corrected chi connectivity index (χ1v) is 6.43. The molecule has 1 heterocycles. The molecule has 0 atom stereocenters. The molecule has 0 saturated heterocycles. The molecule has 3 aromatic rings. The van der Waals surface area contributed by atoms with Crippen LogP contribution in [0.5, 0.6) is 0 Å². The lowest BCUT2D eigenvalue weighted by Crippen LogP contribution is -2.01. The number of fused-ring (bicyclic) bond motifs is 1. The average molecular weight is 319 g/mol. The number of hydrogen-bond acceptors (Lipinski definition) is 2. The molecule has 0 amide bonds. The molecular formula is C15H8BrFO2. The second-order valence-electron chi connectivity index (χ2n) is 4.08. The molecule has 0 radical (unpaired) electrons. The Bertz CT molecular complexity index is 744. The molecule has 3 rings (SSSR count). The highest BCUT2D eigenvalue weighted by atomic mass is 79.9. The van der Waals surface area contributed by atoms with E-state index in [9.17, 15) is 9.18 Å². The van der Waals surface area contributed by atoms with Gasteiger partial charge in [0, 0.05) is 10.9 Å². The topological polar surface area (TPSA) is 30.2 Å². The van der Waals surface area contributed by atoms with Crippen molar-refractivity contribution in [3.63, 3.8) is 0 Å². The Balaban J connectivity index is 2.11. The number of furan rings is 1. The third-order valence-electron chi connectivity index (χ3n) is 2.85. The normalized spacial score (nSPS) is 10.8. The first-order valence-electron chi connectivity index (χ1n) is 5.64. The van der Waals surface area contributed by atoms with Crippen molar-refractivity contribution in [1.82, 2.24) is 0 Å². The van der Waals surface area contributed by atoms with Gasteiger partial charge in [0.05, 0.1) is 4.47 Å². The van der Waals surface area contributed by atoms with Crippen molar-refractivity contribution in [3.05, 3.63) is 70.1 Å². The number of carbonyl (C=O) groups excluding carboxylic acids is 1. The Hall–Kier alpha value is -1.94. The van der Waals surface area contributed by atoms with Crippen molar-refractivity contribution in [1.29, 1.82) is 0 Å². The van der Waals surface area contributed by atoms with Crippen LogP contribution in [0.2, 0.25) is 0 Å². The second kappa shape index (κ2) is 4.63. The minimum Gasteiger partial charge on any atom is -0.453 e. The average Bonchev–Trinajstić information content (AvgIpc) is 2.85. The van der Waals surface area contributed by atoms with Crippen LogP contribution < -0.4 is 0 Å². The van der Waals surface area contributed by atoms with Gasteiger partial charge in [-0.05, 0) is 40.2 Å². The first-order chi connectivity index (χ1) is 9.16. The molecule has 2 nitrogen and oxygen atoms in total. The van der Waals surface area contributed by atoms with Crippen LogP contribution in [0, 0.1) is 5.82 Å². The van der Waals surface area contributed by atoms with E-state index in [0.29, 0.717) is 5.58 Å². The Morgan fingerprint density at radius 1 is 1.11 bits per heavy atom. The van der Waals surface area contributed by atoms with E-state index in [0.717, 1.165) is 5.39 Å². The summed E-state index contributed by atoms with van der Waals surface area (Å²) in [7, 11) is 0. The van der Waals surface area contributed by atoms with Gasteiger partial charge in [-0.1, -0.05) is 24.3 Å². The zero-order valence-electron chi connectivity index (χ0n) is 9.69. The standard InChI is InChI=1S/C15H8BrFO2/c16-14-10(5-3-6-11(14)17)15(18)13-8-9-4-1-2-7-12(9)19-13/h1-8H. The summed E-state index contributed by atoms with van der Waals surface area (Å²) >= 11 is 3.08. The van der Waals surface area contributed by atoms with Gasteiger partial charge in [0.25, 0.3) is 0 Å². The molecular weight excluding hydrogens is 311 g/mol. The molecule has 0 spiro atoms. The number of para-hydroxylation sites is 1. The molecule has 0 N–H and O–H groups in total. The SMILES string of the molecule is O=C(c1cc2ccccc2o1)c1cccc(F)c1Br. The fourth-order valence-corrected chi connectivity index (χ4v) is 2.35. The van der Waals surface area contributed by atoms with Crippen molar-refractivity contribution in [3.8, 4) is 0 Å². The zero-order valence-corrected chi connectivity index (χ0v) is 11.3. The predicted molar refractivity (Wildman–Crippen MR) is 73.7 cm³/mol. The van der Waals surface area contributed by atoms with Crippen molar-refractivity contribution >= 4 is 32.7 Å². The fraction of sp³-hybridized carbons (Fsp3) is 0. The van der Waals surface area contributed by atoms with Gasteiger partial charge >= 0.3 is 0 Å². The monoisotopic (exact) mass is 318 g/mol. The molecule has 0 aliphatic rings. The number of hydrogen-bond donors (Lipinski definition) is 0. The molecule has 4 heteroatoms. The number of carbonyl (C=O) groups is 1. The van der Waals surface area contributed by atoms with Crippen LogP contribution in [0.1, 0.15) is 16.1 Å². The Labute approximate surface area is 117 Å². The van der Waals surface area contributed by atoms with E-state index < -0.39 is 5.82 Å². The van der Waals surface area contributed by atoms with Gasteiger partial charge in [0.2, 0.25) is 5.78 Å². The molecule has 0 saturated carbocycles. The lowest BCUT2D eigenvalue weighted by atomic mass is 10.1. The van der Waals surface area contributed by atoms with Crippen molar-refractivity contribution in [2.75, 3.05) is 0 Å². The minimum atomic E-state index is -0.470. The van der Waals surface area contributed by atoms with Crippen LogP contribution >= 0.6 is 15.9 Å². The third-order valence-corrected chi connectivity index (χ3v) is 3.65. The van der Waals surface area contributed by atoms with Crippen LogP contribution in [0.3, 0.4) is 0 Å². The van der Waals surface area contributed by atoms with E-state index in [-0.39, 0.29) is 21.6 Å². The summed E-state index contributed by atoms with van der Waals surface area (Å²) < 4.78 is 19.1. The Kier molecular flexibility index (Phi) is 2.95. The molecule has 0 aliphatic carbocycles. The summed E-state index contributed by atoms with van der Waals surface area (Å²) in [6.07, 6.45) is 0. The molecule has 0 unspecified atom stereocenters. The minimum absolute atomic E-state index is 0.153. The largest absolute Gasteiger partial charge is 0.453 e. The van der Waals surface area contributed by atoms with Gasteiger partial charge in [0.1, 0.15) is 11.4 Å². The van der Waals surface area contributed by atoms with Crippen molar-refractivity contribution < 1.29 is 13.6 Å². The molecule has 0 aliphatic heterocycles. The first kappa shape index (κ1) is 12.1. The molecule has 19 heavy (non-hydrogen) atoms. The van der Waals surface area contributed by atoms with Gasteiger partial charge in [0.15, 0.2) is 5.76 Å². The van der Waals surface area contributed by atoms with E-state index >= 15 is 0 Å². The maximum atomic E-state index is 13.4. The smallest absolute Gasteiger partial charge is 0.229 e. The molecule has 1 aromatic heterocycles. The highest BCUT2D eigenvalue weighted by molar-refractivity contribution is 9.10. The molecule has 0 bridgehead atoms. The van der Waals surface area contributed by atoms with Crippen molar-refractivity contribution in [2.45, 2.75) is 0 Å². The van der Waals surface area contributed by atoms with Gasteiger partial charge in [-0.25, -0.2) is 4.39 Å². The van der Waals surface area contributed by atoms with Crippen LogP contribution in [0.15, 0.2) is 57.4 Å². The number of halogens is 2. The number of rotatable bonds is 2. The van der Waals surface area contributed by atoms with Crippen molar-refractivity contribution in [2.24, 2.45) is 0 Å². The van der Waals surface area contributed by atoms with E-state index in [1.807, 2.05) is 18.2 Å². The van der Waals surface area contributed by atoms with E-state index in [1.54, 1.807) is 18.2 Å². The second-order valence-corrected chi connectivity index (χ2v) is 4.87. The van der Waals surface area contributed by atoms with E-state index in [4.69, 9.17) is 4.42 Å². The van der Waals surface area contributed by atoms with E-state index in [2.05, 4.69) is 15.9 Å². The van der Waals surface area contributed by atoms with Crippen LogP contribution in [-0.2, 0) is 0 Å². The maximum Gasteiger partial charge on any atom is 0.229 e. The summed E-state index contributed by atoms with van der Waals surface area (Å²) in [6, 6.07) is 13.3. The van der Waals surface area contributed by atoms with Gasteiger partial charge in [-0.3, -0.25) is 4.79 Å². The highest BCUT2D eigenvalue weighted by Gasteiger charge is 2.18. The summed E-state index contributed by atoms with van der Waals surface area (Å²) in [5, 5.41) is 0.846.